The molecule has 0 fully saturated rings. The molecule has 0 saturated carbocycles. The maximum atomic E-state index is 12.8. The van der Waals surface area contributed by atoms with Crippen LogP contribution in [0.15, 0.2) is 55.1 Å². The van der Waals surface area contributed by atoms with E-state index in [4.69, 9.17) is 14.2 Å². The number of nitrogens with one attached hydrogen (secondary N) is 2. The van der Waals surface area contributed by atoms with Crippen molar-refractivity contribution >= 4 is 17.7 Å². The molecule has 1 aromatic heterocycles. The van der Waals surface area contributed by atoms with E-state index in [0.29, 0.717) is 50.7 Å². The summed E-state index contributed by atoms with van der Waals surface area (Å²) in [5.74, 6) is 0.995. The predicted molar refractivity (Wildman–Crippen MR) is 146 cm³/mol. The highest BCUT2D eigenvalue weighted by Gasteiger charge is 2.29. The van der Waals surface area contributed by atoms with Crippen LogP contribution < -0.4 is 20.1 Å². The van der Waals surface area contributed by atoms with Gasteiger partial charge in [-0.2, -0.15) is 28.1 Å². The number of carbonyl (C=O) groups is 1. The third kappa shape index (κ3) is 9.26. The third-order valence-electron chi connectivity index (χ3n) is 6.06. The van der Waals surface area contributed by atoms with Crippen LogP contribution in [0.3, 0.4) is 0 Å². The second-order valence-electron chi connectivity index (χ2n) is 9.20. The van der Waals surface area contributed by atoms with Crippen molar-refractivity contribution in [3.8, 4) is 11.8 Å². The summed E-state index contributed by atoms with van der Waals surface area (Å²) in [6.07, 6.45) is -4.12. The molecule has 7 rings (SSSR count). The van der Waals surface area contributed by atoms with Crippen LogP contribution in [0.1, 0.15) is 28.9 Å². The minimum atomic E-state index is -4.53. The molecule has 0 aliphatic carbocycles. The van der Waals surface area contributed by atoms with E-state index in [1.807, 2.05) is 36.4 Å². The summed E-state index contributed by atoms with van der Waals surface area (Å²) in [5.41, 5.74) is 3.20. The first-order valence-electron chi connectivity index (χ1n) is 12.9. The zero-order valence-corrected chi connectivity index (χ0v) is 22.5. The first-order valence-corrected chi connectivity index (χ1v) is 12.9. The van der Waals surface area contributed by atoms with Crippen LogP contribution in [0.25, 0.3) is 5.70 Å². The Morgan fingerprint density at radius 3 is 2.46 bits per heavy atom. The van der Waals surface area contributed by atoms with Gasteiger partial charge in [0.1, 0.15) is 11.6 Å². The molecule has 1 amide bonds. The van der Waals surface area contributed by atoms with Gasteiger partial charge in [-0.3, -0.25) is 0 Å². The summed E-state index contributed by atoms with van der Waals surface area (Å²) in [7, 11) is 1.35. The van der Waals surface area contributed by atoms with Crippen LogP contribution in [0.4, 0.5) is 23.9 Å². The number of benzene rings is 2. The van der Waals surface area contributed by atoms with Gasteiger partial charge in [-0.15, -0.1) is 0 Å². The van der Waals surface area contributed by atoms with Gasteiger partial charge in [-0.25, -0.2) is 4.79 Å². The maximum absolute atomic E-state index is 12.8. The molecular weight excluding hydrogens is 541 g/mol. The molecule has 2 N–H and O–H groups in total. The fourth-order valence-corrected chi connectivity index (χ4v) is 3.97. The molecule has 0 atom stereocenters. The van der Waals surface area contributed by atoms with Gasteiger partial charge in [0.25, 0.3) is 0 Å². The van der Waals surface area contributed by atoms with E-state index >= 15 is 0 Å². The molecule has 10 nitrogen and oxygen atoms in total. The highest BCUT2D eigenvalue weighted by molar-refractivity contribution is 5.67. The largest absolute Gasteiger partial charge is 0.494 e. The molecule has 0 unspecified atom stereocenters. The van der Waals surface area contributed by atoms with Crippen LogP contribution in [-0.2, 0) is 17.7 Å². The number of ether oxygens (including phenoxy) is 3. The molecule has 3 aromatic rings. The second kappa shape index (κ2) is 13.7. The Bertz CT molecular complexity index is 1320. The molecule has 41 heavy (non-hydrogen) atoms. The van der Waals surface area contributed by atoms with E-state index in [1.165, 1.54) is 7.11 Å². The summed E-state index contributed by atoms with van der Waals surface area (Å²) < 4.78 is 53.9. The van der Waals surface area contributed by atoms with Crippen molar-refractivity contribution in [2.24, 2.45) is 0 Å². The van der Waals surface area contributed by atoms with Crippen molar-refractivity contribution in [2.75, 3.05) is 45.3 Å². The normalized spacial score (nSPS) is 14.9. The molecule has 6 bridgehead atoms. The fourth-order valence-electron chi connectivity index (χ4n) is 3.97. The van der Waals surface area contributed by atoms with Gasteiger partial charge < -0.3 is 29.7 Å². The zero-order valence-electron chi connectivity index (χ0n) is 22.5. The lowest BCUT2D eigenvalue weighted by Crippen LogP contribution is -2.37. The highest BCUT2D eigenvalue weighted by atomic mass is 19.4. The number of carbonyl (C=O) groups excluding carboxylic acids is 1. The molecule has 13 heteroatoms. The third-order valence-corrected chi connectivity index (χ3v) is 6.06. The minimum Gasteiger partial charge on any atom is -0.494 e. The molecular formula is C28H31F3N6O4. The number of hydrogen-bond acceptors (Lipinski definition) is 9. The van der Waals surface area contributed by atoms with Crippen LogP contribution in [0.2, 0.25) is 0 Å². The number of aromatic nitrogens is 3. The van der Waals surface area contributed by atoms with Crippen molar-refractivity contribution in [3.05, 3.63) is 77.6 Å². The molecule has 4 aliphatic heterocycles. The van der Waals surface area contributed by atoms with E-state index in [0.717, 1.165) is 16.7 Å². The van der Waals surface area contributed by atoms with Crippen molar-refractivity contribution < 1.29 is 32.2 Å². The van der Waals surface area contributed by atoms with Crippen molar-refractivity contribution in [3.63, 3.8) is 0 Å². The summed E-state index contributed by atoms with van der Waals surface area (Å²) in [5, 5.41) is 6.25. The number of hydrogen-bond donors (Lipinski definition) is 2. The van der Waals surface area contributed by atoms with Crippen LogP contribution in [0.5, 0.6) is 11.8 Å². The van der Waals surface area contributed by atoms with Gasteiger partial charge in [0.15, 0.2) is 6.61 Å². The zero-order chi connectivity index (χ0) is 29.2. The Morgan fingerprint density at radius 2 is 1.76 bits per heavy atom. The SMILES string of the molecule is C=C1NCCN(C(=O)OC)CCCOc2ccc(cc2)CNc2nc(nc(OCC(F)(F)F)n2)Cc2ccc1cc2. The first kappa shape index (κ1) is 29.4. The standard InChI is InChI=1S/C28H31F3N6O4/c1-19-22-8-4-20(5-9-22)16-24-34-25(36-26(35-24)41-18-28(29,30)31)33-17-21-6-10-23(11-7-21)40-15-3-13-37(14-12-32-19)27(38)39-2/h4-11,32H,1,3,12-18H2,2H3,(H,33,34,35,36). The summed E-state index contributed by atoms with van der Waals surface area (Å²) >= 11 is 0. The predicted octanol–water partition coefficient (Wildman–Crippen LogP) is 4.43. The Morgan fingerprint density at radius 1 is 1.02 bits per heavy atom. The fraction of sp³-hybridized carbons (Fsp3) is 0.357. The molecule has 0 saturated heterocycles. The highest BCUT2D eigenvalue weighted by Crippen LogP contribution is 2.20. The van der Waals surface area contributed by atoms with Gasteiger partial charge >= 0.3 is 18.3 Å². The van der Waals surface area contributed by atoms with Crippen molar-refractivity contribution in [1.29, 1.82) is 0 Å². The lowest BCUT2D eigenvalue weighted by atomic mass is 10.1. The summed E-state index contributed by atoms with van der Waals surface area (Å²) in [6, 6.07) is 14.3. The Labute approximate surface area is 235 Å². The van der Waals surface area contributed by atoms with Crippen LogP contribution >= 0.6 is 0 Å². The van der Waals surface area contributed by atoms with Gasteiger partial charge in [0.2, 0.25) is 5.95 Å². The van der Waals surface area contributed by atoms with Gasteiger partial charge in [-0.05, 0) is 35.2 Å². The van der Waals surface area contributed by atoms with Gasteiger partial charge in [0.05, 0.1) is 13.7 Å². The average Bonchev–Trinajstić information content (AvgIpc) is 2.96. The van der Waals surface area contributed by atoms with E-state index < -0.39 is 24.9 Å². The van der Waals surface area contributed by atoms with Crippen LogP contribution in [-0.4, -0.2) is 72.1 Å². The number of halogens is 3. The lowest BCUT2D eigenvalue weighted by Gasteiger charge is -2.22. The topological polar surface area (TPSA) is 111 Å². The Balaban J connectivity index is 1.56. The molecule has 4 aliphatic rings. The molecule has 5 heterocycles. The molecule has 0 radical (unpaired) electrons. The molecule has 218 valence electrons. The van der Waals surface area contributed by atoms with Gasteiger partial charge in [0, 0.05) is 38.3 Å². The number of anilines is 1. The number of amides is 1. The lowest BCUT2D eigenvalue weighted by molar-refractivity contribution is -0.154. The number of nitrogens with zero attached hydrogens (tertiary/aromatic N) is 4. The van der Waals surface area contributed by atoms with Crippen molar-refractivity contribution in [2.45, 2.75) is 25.6 Å². The maximum Gasteiger partial charge on any atom is 0.422 e. The van der Waals surface area contributed by atoms with E-state index in [1.54, 1.807) is 17.0 Å². The minimum absolute atomic E-state index is 0.0928. The smallest absolute Gasteiger partial charge is 0.422 e. The number of methoxy groups -OCH3 is 1. The quantitative estimate of drug-likeness (QED) is 0.461. The Hall–Kier alpha value is -4.55. The van der Waals surface area contributed by atoms with E-state index in [9.17, 15) is 18.0 Å². The summed E-state index contributed by atoms with van der Waals surface area (Å²) in [4.78, 5) is 26.3. The van der Waals surface area contributed by atoms with E-state index in [2.05, 4.69) is 32.2 Å². The molecule has 2 aromatic carbocycles. The number of rotatable bonds is 2. The number of alkyl halides is 3. The Kier molecular flexibility index (Phi) is 9.82. The summed E-state index contributed by atoms with van der Waals surface area (Å²) in [6.45, 7) is 4.58. The van der Waals surface area contributed by atoms with Gasteiger partial charge in [-0.1, -0.05) is 43.0 Å². The van der Waals surface area contributed by atoms with Crippen molar-refractivity contribution in [1.82, 2.24) is 25.2 Å². The monoisotopic (exact) mass is 572 g/mol. The average molecular weight is 573 g/mol. The van der Waals surface area contributed by atoms with E-state index in [-0.39, 0.29) is 18.2 Å². The molecule has 0 spiro atoms. The van der Waals surface area contributed by atoms with Crippen LogP contribution in [0, 0.1) is 0 Å². The second-order valence-corrected chi connectivity index (χ2v) is 9.20. The first-order chi connectivity index (χ1) is 19.7.